The highest BCUT2D eigenvalue weighted by Crippen LogP contribution is 2.21. The van der Waals surface area contributed by atoms with E-state index in [4.69, 9.17) is 34.6 Å². The van der Waals surface area contributed by atoms with Crippen molar-refractivity contribution in [2.24, 2.45) is 0 Å². The lowest BCUT2D eigenvalue weighted by atomic mass is 9.96. The first-order chi connectivity index (χ1) is 15.3. The van der Waals surface area contributed by atoms with Crippen molar-refractivity contribution in [3.63, 3.8) is 0 Å². The molecule has 0 saturated carbocycles. The average Bonchev–Trinajstić information content (AvgIpc) is 3.04. The van der Waals surface area contributed by atoms with Crippen LogP contribution in [0.5, 0.6) is 0 Å². The van der Waals surface area contributed by atoms with Crippen LogP contribution in [0.15, 0.2) is 0 Å². The third-order valence-electron chi connectivity index (χ3n) is 6.00. The number of aliphatic hydroxyl groups is 10. The number of hydrogen-bond acceptors (Lipinski definition) is 13. The van der Waals surface area contributed by atoms with Gasteiger partial charge in [-0.3, -0.25) is 0 Å². The summed E-state index contributed by atoms with van der Waals surface area (Å²) in [6.07, 6.45) is -11.6. The van der Waals surface area contributed by atoms with Crippen LogP contribution >= 0.6 is 0 Å². The molecule has 0 bridgehead atoms. The van der Waals surface area contributed by atoms with Gasteiger partial charge in [-0.15, -0.1) is 0 Å². The van der Waals surface area contributed by atoms with E-state index in [0.29, 0.717) is 0 Å². The normalized spacial score (nSPS) is 50.0. The van der Waals surface area contributed by atoms with Crippen molar-refractivity contribution >= 4 is 0 Å². The van der Waals surface area contributed by atoms with Gasteiger partial charge in [0, 0.05) is 0 Å². The van der Waals surface area contributed by atoms with Crippen LogP contribution in [0.1, 0.15) is 27.7 Å². The molecular formula is C20H40O13. The highest BCUT2D eigenvalue weighted by Gasteiger charge is 2.42. The summed E-state index contributed by atoms with van der Waals surface area (Å²) in [6, 6.07) is 0. The Labute approximate surface area is 192 Å². The lowest BCUT2D eigenvalue weighted by molar-refractivity contribution is -0.224. The van der Waals surface area contributed by atoms with E-state index < -0.39 is 79.4 Å². The molecule has 0 aromatic carbocycles. The molecule has 3 rings (SSSR count). The summed E-state index contributed by atoms with van der Waals surface area (Å²) >= 11 is 0. The molecule has 3 saturated heterocycles. The Kier molecular flexibility index (Phi) is 12.5. The molecule has 8 unspecified atom stereocenters. The van der Waals surface area contributed by atoms with Crippen molar-refractivity contribution in [1.82, 2.24) is 0 Å². The molecule has 0 amide bonds. The Balaban J connectivity index is 0.000000249. The maximum Gasteiger partial charge on any atom is 0.111 e. The molecule has 10 N–H and O–H groups in total. The van der Waals surface area contributed by atoms with Gasteiger partial charge in [0.05, 0.1) is 37.6 Å². The smallest absolute Gasteiger partial charge is 0.111 e. The summed E-state index contributed by atoms with van der Waals surface area (Å²) in [5.74, 6) is 0. The Bertz CT molecular complexity index is 535. The molecule has 3 heterocycles. The van der Waals surface area contributed by atoms with E-state index in [0.717, 1.165) is 0 Å². The second-order valence-electron chi connectivity index (χ2n) is 8.60. The zero-order valence-electron chi connectivity index (χ0n) is 19.2. The first kappa shape index (κ1) is 30.5. The third-order valence-corrected chi connectivity index (χ3v) is 6.00. The third kappa shape index (κ3) is 7.73. The largest absolute Gasteiger partial charge is 0.394 e. The molecule has 13 atom stereocenters. The van der Waals surface area contributed by atoms with Crippen LogP contribution in [-0.4, -0.2) is 150 Å². The standard InChI is InChI=1S/C7H14O5.C7H14O4.C6H12O4/c1-3-5(9)7(11)6(10)4(2-8)12-3;1-3-5(8)7(10)6(9)4(2)11-3;1-3-5(8)6(9)4(2-7)10-3/h3-11H,2H2,1H3;3-10H,1-2H3;3-9H,2H2,1H3/t3-,4?,5?,6?,7?;3-,4-,5+,6+;/m10./s1. The fourth-order valence-electron chi connectivity index (χ4n) is 3.63. The molecule has 3 aliphatic heterocycles. The average molecular weight is 489 g/mol. The highest BCUT2D eigenvalue weighted by molar-refractivity contribution is 4.90. The zero-order valence-corrected chi connectivity index (χ0v) is 19.2. The van der Waals surface area contributed by atoms with Gasteiger partial charge in [-0.1, -0.05) is 0 Å². The summed E-state index contributed by atoms with van der Waals surface area (Å²) in [5.41, 5.74) is 0. The Hall–Kier alpha value is -0.520. The minimum atomic E-state index is -1.24. The molecular weight excluding hydrogens is 448 g/mol. The van der Waals surface area contributed by atoms with Crippen LogP contribution in [0.2, 0.25) is 0 Å². The zero-order chi connectivity index (χ0) is 25.6. The van der Waals surface area contributed by atoms with Gasteiger partial charge in [-0.2, -0.15) is 0 Å². The molecule has 0 aromatic rings. The fourth-order valence-corrected chi connectivity index (χ4v) is 3.63. The van der Waals surface area contributed by atoms with Crippen LogP contribution < -0.4 is 0 Å². The van der Waals surface area contributed by atoms with Gasteiger partial charge in [0.2, 0.25) is 0 Å². The molecule has 0 aliphatic carbocycles. The number of ether oxygens (including phenoxy) is 3. The molecule has 3 fully saturated rings. The quantitative estimate of drug-likeness (QED) is 0.176. The van der Waals surface area contributed by atoms with Gasteiger partial charge in [0.15, 0.2) is 0 Å². The number of rotatable bonds is 2. The minimum Gasteiger partial charge on any atom is -0.394 e. The predicted molar refractivity (Wildman–Crippen MR) is 111 cm³/mol. The van der Waals surface area contributed by atoms with E-state index in [2.05, 4.69) is 0 Å². The molecule has 0 radical (unpaired) electrons. The van der Waals surface area contributed by atoms with E-state index in [1.54, 1.807) is 27.7 Å². The van der Waals surface area contributed by atoms with E-state index in [-0.39, 0.29) is 19.3 Å². The van der Waals surface area contributed by atoms with E-state index in [9.17, 15) is 30.6 Å². The molecule has 13 heteroatoms. The molecule has 0 spiro atoms. The maximum atomic E-state index is 9.23. The monoisotopic (exact) mass is 488 g/mol. The molecule has 198 valence electrons. The molecule has 33 heavy (non-hydrogen) atoms. The second kappa shape index (κ2) is 13.5. The van der Waals surface area contributed by atoms with E-state index >= 15 is 0 Å². The van der Waals surface area contributed by atoms with Gasteiger partial charge < -0.3 is 65.3 Å². The van der Waals surface area contributed by atoms with Crippen molar-refractivity contribution in [2.45, 2.75) is 113 Å². The summed E-state index contributed by atoms with van der Waals surface area (Å²) in [5, 5.41) is 90.7. The second-order valence-corrected chi connectivity index (χ2v) is 8.60. The van der Waals surface area contributed by atoms with Crippen LogP contribution in [0.25, 0.3) is 0 Å². The summed E-state index contributed by atoms with van der Waals surface area (Å²) in [4.78, 5) is 0. The number of aliphatic hydroxyl groups excluding tert-OH is 10. The number of hydrogen-bond donors (Lipinski definition) is 10. The van der Waals surface area contributed by atoms with Gasteiger partial charge >= 0.3 is 0 Å². The summed E-state index contributed by atoms with van der Waals surface area (Å²) in [6.45, 7) is 5.94. The first-order valence-corrected chi connectivity index (χ1v) is 10.9. The summed E-state index contributed by atoms with van der Waals surface area (Å²) in [7, 11) is 0. The molecule has 3 aliphatic rings. The van der Waals surface area contributed by atoms with Gasteiger partial charge in [-0.05, 0) is 27.7 Å². The van der Waals surface area contributed by atoms with Crippen LogP contribution in [0, 0.1) is 0 Å². The van der Waals surface area contributed by atoms with Crippen LogP contribution in [-0.2, 0) is 14.2 Å². The van der Waals surface area contributed by atoms with E-state index in [1.807, 2.05) is 0 Å². The van der Waals surface area contributed by atoms with Crippen molar-refractivity contribution in [2.75, 3.05) is 13.2 Å². The first-order valence-electron chi connectivity index (χ1n) is 10.9. The van der Waals surface area contributed by atoms with Crippen molar-refractivity contribution in [3.8, 4) is 0 Å². The van der Waals surface area contributed by atoms with E-state index in [1.165, 1.54) is 0 Å². The fraction of sp³-hybridized carbons (Fsp3) is 1.00. The van der Waals surface area contributed by atoms with Gasteiger partial charge in [0.1, 0.15) is 61.0 Å². The molecule has 0 aromatic heterocycles. The Morgan fingerprint density at radius 1 is 0.394 bits per heavy atom. The highest BCUT2D eigenvalue weighted by atomic mass is 16.6. The lowest BCUT2D eigenvalue weighted by Gasteiger charge is -2.38. The topological polar surface area (TPSA) is 230 Å². The SMILES string of the molecule is CC1OC(CO)C(O)C1O.C[C@@H]1O[C@@H](C)[C@@H](O)C(O)[C@@H]1O.C[C@H]1OC(CO)C(O)C(O)C1O. The Morgan fingerprint density at radius 3 is 0.909 bits per heavy atom. The van der Waals surface area contributed by atoms with Crippen molar-refractivity contribution < 1.29 is 65.3 Å². The lowest BCUT2D eigenvalue weighted by Crippen LogP contribution is -2.57. The summed E-state index contributed by atoms with van der Waals surface area (Å²) < 4.78 is 15.1. The maximum absolute atomic E-state index is 9.23. The predicted octanol–water partition coefficient (Wildman–Crippen LogP) is -4.79. The Morgan fingerprint density at radius 2 is 0.636 bits per heavy atom. The van der Waals surface area contributed by atoms with Gasteiger partial charge in [0.25, 0.3) is 0 Å². The van der Waals surface area contributed by atoms with Gasteiger partial charge in [-0.25, -0.2) is 0 Å². The van der Waals surface area contributed by atoms with Crippen LogP contribution in [0.3, 0.4) is 0 Å². The van der Waals surface area contributed by atoms with Crippen molar-refractivity contribution in [1.29, 1.82) is 0 Å². The van der Waals surface area contributed by atoms with Crippen molar-refractivity contribution in [3.05, 3.63) is 0 Å². The minimum absolute atomic E-state index is 0.247. The van der Waals surface area contributed by atoms with Crippen LogP contribution in [0.4, 0.5) is 0 Å². The molecule has 13 nitrogen and oxygen atoms in total.